The van der Waals surface area contributed by atoms with E-state index >= 15 is 0 Å². The molecule has 3 rings (SSSR count). The third-order valence-electron chi connectivity index (χ3n) is 5.20. The van der Waals surface area contributed by atoms with Crippen LogP contribution in [0.1, 0.15) is 43.5 Å². The zero-order chi connectivity index (χ0) is 20.4. The molecule has 6 heteroatoms. The van der Waals surface area contributed by atoms with Crippen molar-refractivity contribution < 1.29 is 4.79 Å². The standard InChI is InChI=1S/C22H29ClN4O/c1-14(2)19-17(5)24-20(18-8-6-7-15(3)13-18)25-21(19)26-9-11-27(12-10-26)22(28)16(4)23/h6-8,13-14,16H,9-12H2,1-5H3/t16-/m1/s1. The molecule has 0 spiro atoms. The Labute approximate surface area is 172 Å². The molecule has 2 aromatic rings. The molecule has 0 unspecified atom stereocenters. The van der Waals surface area contributed by atoms with Crippen LogP contribution in [0.4, 0.5) is 5.82 Å². The molecule has 1 atom stereocenters. The summed E-state index contributed by atoms with van der Waals surface area (Å²) >= 11 is 5.98. The number of hydrogen-bond donors (Lipinski definition) is 0. The molecule has 1 aromatic carbocycles. The first-order valence-corrected chi connectivity index (χ1v) is 10.3. The van der Waals surface area contributed by atoms with E-state index in [1.165, 1.54) is 11.1 Å². The maximum atomic E-state index is 12.2. The van der Waals surface area contributed by atoms with Gasteiger partial charge in [-0.05, 0) is 32.8 Å². The molecule has 5 nitrogen and oxygen atoms in total. The maximum absolute atomic E-state index is 12.2. The van der Waals surface area contributed by atoms with Crippen LogP contribution in [0.15, 0.2) is 24.3 Å². The molecule has 150 valence electrons. The van der Waals surface area contributed by atoms with E-state index in [0.29, 0.717) is 19.0 Å². The average molecular weight is 401 g/mol. The van der Waals surface area contributed by atoms with Crippen molar-refractivity contribution in [3.05, 3.63) is 41.1 Å². The Bertz CT molecular complexity index is 858. The second-order valence-corrected chi connectivity index (χ2v) is 8.48. The van der Waals surface area contributed by atoms with Gasteiger partial charge in [0.05, 0.1) is 0 Å². The van der Waals surface area contributed by atoms with Gasteiger partial charge in [-0.15, -0.1) is 11.6 Å². The molecule has 1 amide bonds. The van der Waals surface area contributed by atoms with Gasteiger partial charge < -0.3 is 9.80 Å². The second kappa shape index (κ2) is 8.48. The predicted molar refractivity (Wildman–Crippen MR) is 115 cm³/mol. The summed E-state index contributed by atoms with van der Waals surface area (Å²) in [5.41, 5.74) is 4.42. The summed E-state index contributed by atoms with van der Waals surface area (Å²) < 4.78 is 0. The molecular weight excluding hydrogens is 372 g/mol. The van der Waals surface area contributed by atoms with Gasteiger partial charge in [0.1, 0.15) is 11.2 Å². The van der Waals surface area contributed by atoms with E-state index in [-0.39, 0.29) is 5.91 Å². The molecule has 0 aliphatic carbocycles. The van der Waals surface area contributed by atoms with Gasteiger partial charge in [-0.25, -0.2) is 9.97 Å². The number of aromatic nitrogens is 2. The van der Waals surface area contributed by atoms with Crippen molar-refractivity contribution in [2.45, 2.75) is 45.9 Å². The van der Waals surface area contributed by atoms with Crippen LogP contribution in [0.2, 0.25) is 0 Å². The van der Waals surface area contributed by atoms with E-state index in [1.807, 2.05) is 11.0 Å². The smallest absolute Gasteiger partial charge is 0.240 e. The van der Waals surface area contributed by atoms with E-state index in [1.54, 1.807) is 6.92 Å². The third kappa shape index (κ3) is 4.30. The molecular formula is C22H29ClN4O. The summed E-state index contributed by atoms with van der Waals surface area (Å²) in [7, 11) is 0. The number of nitrogens with zero attached hydrogens (tertiary/aromatic N) is 4. The molecule has 1 saturated heterocycles. The highest BCUT2D eigenvalue weighted by molar-refractivity contribution is 6.30. The molecule has 0 bridgehead atoms. The molecule has 1 aliphatic heterocycles. The van der Waals surface area contributed by atoms with Gasteiger partial charge in [-0.3, -0.25) is 4.79 Å². The van der Waals surface area contributed by atoms with Crippen molar-refractivity contribution >= 4 is 23.3 Å². The van der Waals surface area contributed by atoms with Gasteiger partial charge >= 0.3 is 0 Å². The fourth-order valence-corrected chi connectivity index (χ4v) is 3.92. The molecule has 28 heavy (non-hydrogen) atoms. The van der Waals surface area contributed by atoms with Gasteiger partial charge in [0, 0.05) is 43.0 Å². The van der Waals surface area contributed by atoms with Gasteiger partial charge in [0.25, 0.3) is 0 Å². The van der Waals surface area contributed by atoms with E-state index < -0.39 is 5.38 Å². The number of carbonyl (C=O) groups is 1. The van der Waals surface area contributed by atoms with Crippen molar-refractivity contribution in [1.29, 1.82) is 0 Å². The highest BCUT2D eigenvalue weighted by atomic mass is 35.5. The molecule has 1 fully saturated rings. The van der Waals surface area contributed by atoms with E-state index in [2.05, 4.69) is 50.8 Å². The van der Waals surface area contributed by atoms with Crippen molar-refractivity contribution in [2.75, 3.05) is 31.1 Å². The zero-order valence-electron chi connectivity index (χ0n) is 17.4. The minimum Gasteiger partial charge on any atom is -0.353 e. The lowest BCUT2D eigenvalue weighted by atomic mass is 10.0. The number of hydrogen-bond acceptors (Lipinski definition) is 4. The summed E-state index contributed by atoms with van der Waals surface area (Å²) in [5.74, 6) is 2.08. The molecule has 0 N–H and O–H groups in total. The van der Waals surface area contributed by atoms with Crippen LogP contribution in [-0.4, -0.2) is 52.3 Å². The number of benzene rings is 1. The van der Waals surface area contributed by atoms with Gasteiger partial charge in [-0.1, -0.05) is 37.6 Å². The van der Waals surface area contributed by atoms with Crippen molar-refractivity contribution in [1.82, 2.24) is 14.9 Å². The van der Waals surface area contributed by atoms with E-state index in [9.17, 15) is 4.79 Å². The number of amides is 1. The number of piperazine rings is 1. The topological polar surface area (TPSA) is 49.3 Å². The first-order chi connectivity index (χ1) is 13.3. The summed E-state index contributed by atoms with van der Waals surface area (Å²) in [4.78, 5) is 26.1. The maximum Gasteiger partial charge on any atom is 0.240 e. The van der Waals surface area contributed by atoms with Gasteiger partial charge in [0.15, 0.2) is 5.82 Å². The Kier molecular flexibility index (Phi) is 6.23. The number of anilines is 1. The fraction of sp³-hybridized carbons (Fsp3) is 0.500. The summed E-state index contributed by atoms with van der Waals surface area (Å²) in [6, 6.07) is 8.29. The van der Waals surface area contributed by atoms with Crippen LogP contribution in [0, 0.1) is 13.8 Å². The van der Waals surface area contributed by atoms with Crippen LogP contribution in [0.25, 0.3) is 11.4 Å². The Hall–Kier alpha value is -2.14. The largest absolute Gasteiger partial charge is 0.353 e. The molecule has 1 aromatic heterocycles. The SMILES string of the molecule is Cc1cccc(-c2nc(C)c(C(C)C)c(N3CCN(C(=O)[C@@H](C)Cl)CC3)n2)c1. The molecule has 0 radical (unpaired) electrons. The van der Waals surface area contributed by atoms with Crippen molar-refractivity contribution in [2.24, 2.45) is 0 Å². The predicted octanol–water partition coefficient (Wildman–Crippen LogP) is 4.16. The average Bonchev–Trinajstić information content (AvgIpc) is 2.66. The van der Waals surface area contributed by atoms with Crippen molar-refractivity contribution in [3.8, 4) is 11.4 Å². The zero-order valence-corrected chi connectivity index (χ0v) is 18.1. The number of rotatable bonds is 4. The summed E-state index contributed by atoms with van der Waals surface area (Å²) in [5, 5.41) is -0.480. The van der Waals surface area contributed by atoms with Gasteiger partial charge in [0.2, 0.25) is 5.91 Å². The van der Waals surface area contributed by atoms with Gasteiger partial charge in [-0.2, -0.15) is 0 Å². The van der Waals surface area contributed by atoms with Crippen LogP contribution in [0.3, 0.4) is 0 Å². The monoisotopic (exact) mass is 400 g/mol. The van der Waals surface area contributed by atoms with Crippen LogP contribution in [0.5, 0.6) is 0 Å². The fourth-order valence-electron chi connectivity index (χ4n) is 3.79. The van der Waals surface area contributed by atoms with Crippen LogP contribution in [-0.2, 0) is 4.79 Å². The first kappa shape index (κ1) is 20.6. The minimum absolute atomic E-state index is 0.00437. The van der Waals surface area contributed by atoms with Crippen LogP contribution >= 0.6 is 11.6 Å². The second-order valence-electron chi connectivity index (χ2n) is 7.82. The lowest BCUT2D eigenvalue weighted by molar-refractivity contribution is -0.130. The Morgan fingerprint density at radius 3 is 2.32 bits per heavy atom. The van der Waals surface area contributed by atoms with E-state index in [0.717, 1.165) is 36.0 Å². The first-order valence-electron chi connectivity index (χ1n) is 9.91. The number of halogens is 1. The number of carbonyl (C=O) groups excluding carboxylic acids is 1. The van der Waals surface area contributed by atoms with Crippen molar-refractivity contribution in [3.63, 3.8) is 0 Å². The lowest BCUT2D eigenvalue weighted by Crippen LogP contribution is -2.51. The normalized spacial score (nSPS) is 15.8. The Morgan fingerprint density at radius 2 is 1.75 bits per heavy atom. The molecule has 0 saturated carbocycles. The highest BCUT2D eigenvalue weighted by Crippen LogP contribution is 2.31. The number of alkyl halides is 1. The molecule has 1 aliphatic rings. The lowest BCUT2D eigenvalue weighted by Gasteiger charge is -2.37. The summed E-state index contributed by atoms with van der Waals surface area (Å²) in [6.07, 6.45) is 0. The minimum atomic E-state index is -0.480. The highest BCUT2D eigenvalue weighted by Gasteiger charge is 2.27. The Morgan fingerprint density at radius 1 is 1.07 bits per heavy atom. The summed E-state index contributed by atoms with van der Waals surface area (Å²) in [6.45, 7) is 13.1. The third-order valence-corrected chi connectivity index (χ3v) is 5.39. The van der Waals surface area contributed by atoms with Crippen LogP contribution < -0.4 is 4.90 Å². The quantitative estimate of drug-likeness (QED) is 0.723. The van der Waals surface area contributed by atoms with E-state index in [4.69, 9.17) is 21.6 Å². The molecule has 2 heterocycles. The number of aryl methyl sites for hydroxylation is 2. The Balaban J connectivity index is 1.94.